The van der Waals surface area contributed by atoms with Crippen LogP contribution in [-0.2, 0) is 21.2 Å². The zero-order valence-electron chi connectivity index (χ0n) is 21.0. The SMILES string of the molecule is O=CCCCCCCNc1ccc(S(=O)(=O)Nc2ccc(CCNCC(O)c3cccnc3)cc2)cc1. The van der Waals surface area contributed by atoms with Gasteiger partial charge in [-0.05, 0) is 73.8 Å². The summed E-state index contributed by atoms with van der Waals surface area (Å²) in [6, 6.07) is 17.6. The summed E-state index contributed by atoms with van der Waals surface area (Å²) in [4.78, 5) is 14.5. The molecule has 3 rings (SSSR count). The number of rotatable bonds is 17. The van der Waals surface area contributed by atoms with Gasteiger partial charge in [-0.25, -0.2) is 8.42 Å². The maximum Gasteiger partial charge on any atom is 0.261 e. The molecule has 1 atom stereocenters. The summed E-state index contributed by atoms with van der Waals surface area (Å²) in [5.74, 6) is 0. The standard InChI is InChI=1S/C28H36N4O4S/c33-20-5-3-1-2-4-18-31-25-12-14-27(15-13-25)37(35,36)32-26-10-8-23(9-11-26)16-19-30-22-28(34)24-7-6-17-29-21-24/h6-15,17,20-21,28,30-32,34H,1-5,16,18-19,22H2. The van der Waals surface area contributed by atoms with Gasteiger partial charge in [-0.15, -0.1) is 0 Å². The number of hydrogen-bond donors (Lipinski definition) is 4. The van der Waals surface area contributed by atoms with E-state index in [-0.39, 0.29) is 4.90 Å². The number of aliphatic hydroxyl groups excluding tert-OH is 1. The molecule has 0 amide bonds. The van der Waals surface area contributed by atoms with E-state index in [0.29, 0.717) is 25.2 Å². The normalized spacial score (nSPS) is 12.1. The van der Waals surface area contributed by atoms with Crippen molar-refractivity contribution in [3.63, 3.8) is 0 Å². The van der Waals surface area contributed by atoms with E-state index in [9.17, 15) is 18.3 Å². The van der Waals surface area contributed by atoms with Crippen LogP contribution >= 0.6 is 0 Å². The van der Waals surface area contributed by atoms with E-state index in [0.717, 1.165) is 61.7 Å². The molecule has 37 heavy (non-hydrogen) atoms. The van der Waals surface area contributed by atoms with E-state index in [2.05, 4.69) is 20.3 Å². The van der Waals surface area contributed by atoms with Crippen molar-refractivity contribution in [2.45, 2.75) is 49.5 Å². The van der Waals surface area contributed by atoms with Crippen LogP contribution in [0.1, 0.15) is 49.3 Å². The highest BCUT2D eigenvalue weighted by molar-refractivity contribution is 7.92. The lowest BCUT2D eigenvalue weighted by molar-refractivity contribution is -0.107. The highest BCUT2D eigenvalue weighted by atomic mass is 32.2. The Morgan fingerprint density at radius 3 is 2.32 bits per heavy atom. The second kappa shape index (κ2) is 15.1. The van der Waals surface area contributed by atoms with Gasteiger partial charge in [0.1, 0.15) is 6.29 Å². The van der Waals surface area contributed by atoms with E-state index >= 15 is 0 Å². The predicted octanol–water partition coefficient (Wildman–Crippen LogP) is 4.31. The van der Waals surface area contributed by atoms with Gasteiger partial charge >= 0.3 is 0 Å². The molecule has 4 N–H and O–H groups in total. The first-order chi connectivity index (χ1) is 18.0. The Labute approximate surface area is 219 Å². The zero-order valence-corrected chi connectivity index (χ0v) is 21.8. The first-order valence-electron chi connectivity index (χ1n) is 12.7. The number of anilines is 2. The maximum atomic E-state index is 12.8. The number of aromatic nitrogens is 1. The highest BCUT2D eigenvalue weighted by Crippen LogP contribution is 2.19. The van der Waals surface area contributed by atoms with Gasteiger partial charge in [0.05, 0.1) is 11.0 Å². The Hall–Kier alpha value is -3.27. The van der Waals surface area contributed by atoms with Crippen molar-refractivity contribution < 1.29 is 18.3 Å². The molecule has 1 aromatic heterocycles. The van der Waals surface area contributed by atoms with Gasteiger partial charge in [-0.3, -0.25) is 9.71 Å². The fraction of sp³-hybridized carbons (Fsp3) is 0.357. The number of unbranched alkanes of at least 4 members (excludes halogenated alkanes) is 4. The van der Waals surface area contributed by atoms with Crippen molar-refractivity contribution in [2.75, 3.05) is 29.7 Å². The number of benzene rings is 2. The highest BCUT2D eigenvalue weighted by Gasteiger charge is 2.14. The van der Waals surface area contributed by atoms with Crippen molar-refractivity contribution in [3.05, 3.63) is 84.2 Å². The number of hydrogen-bond acceptors (Lipinski definition) is 7. The number of pyridine rings is 1. The minimum atomic E-state index is -3.69. The van der Waals surface area contributed by atoms with Crippen molar-refractivity contribution in [3.8, 4) is 0 Å². The third-order valence-electron chi connectivity index (χ3n) is 5.95. The summed E-state index contributed by atoms with van der Waals surface area (Å²) in [5.41, 5.74) is 3.21. The number of carbonyl (C=O) groups is 1. The Balaban J connectivity index is 1.40. The molecular weight excluding hydrogens is 488 g/mol. The van der Waals surface area contributed by atoms with Gasteiger partial charge < -0.3 is 20.5 Å². The molecule has 1 heterocycles. The molecule has 0 aliphatic carbocycles. The summed E-state index contributed by atoms with van der Waals surface area (Å²) in [5, 5.41) is 16.7. The molecule has 9 heteroatoms. The average Bonchev–Trinajstić information content (AvgIpc) is 2.92. The molecule has 3 aromatic rings. The molecule has 0 aliphatic heterocycles. The molecule has 0 saturated heterocycles. The lowest BCUT2D eigenvalue weighted by Crippen LogP contribution is -2.23. The Morgan fingerprint density at radius 1 is 0.892 bits per heavy atom. The van der Waals surface area contributed by atoms with Crippen LogP contribution in [0, 0.1) is 0 Å². The van der Waals surface area contributed by atoms with Crippen molar-refractivity contribution in [1.29, 1.82) is 0 Å². The molecule has 198 valence electrons. The number of aliphatic hydroxyl groups is 1. The molecule has 0 fully saturated rings. The van der Waals surface area contributed by atoms with Crippen molar-refractivity contribution >= 4 is 27.7 Å². The van der Waals surface area contributed by atoms with Crippen LogP contribution in [0.3, 0.4) is 0 Å². The second-order valence-corrected chi connectivity index (χ2v) is 10.6. The molecule has 1 unspecified atom stereocenters. The molecule has 0 spiro atoms. The average molecular weight is 525 g/mol. The van der Waals surface area contributed by atoms with Crippen LogP contribution < -0.4 is 15.4 Å². The summed E-state index contributed by atoms with van der Waals surface area (Å²) in [6.07, 6.45) is 9.07. The minimum absolute atomic E-state index is 0.201. The summed E-state index contributed by atoms with van der Waals surface area (Å²) < 4.78 is 28.2. The van der Waals surface area contributed by atoms with Crippen LogP contribution in [-0.4, -0.2) is 44.4 Å². The van der Waals surface area contributed by atoms with Crippen LogP contribution in [0.15, 0.2) is 78.0 Å². The zero-order chi connectivity index (χ0) is 26.3. The van der Waals surface area contributed by atoms with Gasteiger partial charge in [-0.1, -0.05) is 31.0 Å². The quantitative estimate of drug-likeness (QED) is 0.153. The molecular formula is C28H36N4O4S. The summed E-state index contributed by atoms with van der Waals surface area (Å²) in [7, 11) is -3.69. The van der Waals surface area contributed by atoms with Gasteiger partial charge in [0.2, 0.25) is 0 Å². The summed E-state index contributed by atoms with van der Waals surface area (Å²) in [6.45, 7) is 1.92. The van der Waals surface area contributed by atoms with E-state index in [1.807, 2.05) is 18.2 Å². The fourth-order valence-electron chi connectivity index (χ4n) is 3.81. The van der Waals surface area contributed by atoms with E-state index in [1.54, 1.807) is 54.9 Å². The van der Waals surface area contributed by atoms with E-state index in [4.69, 9.17) is 0 Å². The molecule has 2 aromatic carbocycles. The van der Waals surface area contributed by atoms with Gasteiger partial charge in [0.15, 0.2) is 0 Å². The van der Waals surface area contributed by atoms with Crippen LogP contribution in [0.2, 0.25) is 0 Å². The first kappa shape index (κ1) is 28.3. The first-order valence-corrected chi connectivity index (χ1v) is 14.1. The number of sulfonamides is 1. The lowest BCUT2D eigenvalue weighted by Gasteiger charge is -2.12. The number of nitrogens with zero attached hydrogens (tertiary/aromatic N) is 1. The third kappa shape index (κ3) is 9.95. The Kier molecular flexibility index (Phi) is 11.5. The molecule has 0 bridgehead atoms. The number of aldehydes is 1. The Bertz CT molecular complexity index is 1170. The van der Waals surface area contributed by atoms with Crippen molar-refractivity contribution in [1.82, 2.24) is 10.3 Å². The Morgan fingerprint density at radius 2 is 1.62 bits per heavy atom. The van der Waals surface area contributed by atoms with E-state index < -0.39 is 16.1 Å². The third-order valence-corrected chi connectivity index (χ3v) is 7.34. The maximum absolute atomic E-state index is 12.8. The van der Waals surface area contributed by atoms with Gasteiger partial charge in [-0.2, -0.15) is 0 Å². The summed E-state index contributed by atoms with van der Waals surface area (Å²) >= 11 is 0. The number of carbonyl (C=O) groups excluding carboxylic acids is 1. The van der Waals surface area contributed by atoms with Crippen LogP contribution in [0.4, 0.5) is 11.4 Å². The molecule has 8 nitrogen and oxygen atoms in total. The van der Waals surface area contributed by atoms with E-state index in [1.165, 1.54) is 0 Å². The topological polar surface area (TPSA) is 120 Å². The van der Waals surface area contributed by atoms with Crippen molar-refractivity contribution in [2.24, 2.45) is 0 Å². The largest absolute Gasteiger partial charge is 0.387 e. The lowest BCUT2D eigenvalue weighted by atomic mass is 10.1. The smallest absolute Gasteiger partial charge is 0.261 e. The molecule has 0 radical (unpaired) electrons. The molecule has 0 saturated carbocycles. The van der Waals surface area contributed by atoms with Crippen LogP contribution in [0.25, 0.3) is 0 Å². The van der Waals surface area contributed by atoms with Gasteiger partial charge in [0.25, 0.3) is 10.0 Å². The second-order valence-electron chi connectivity index (χ2n) is 8.88. The number of nitrogens with one attached hydrogen (secondary N) is 3. The fourth-order valence-corrected chi connectivity index (χ4v) is 4.87. The predicted molar refractivity (Wildman–Crippen MR) is 147 cm³/mol. The van der Waals surface area contributed by atoms with Crippen LogP contribution in [0.5, 0.6) is 0 Å². The minimum Gasteiger partial charge on any atom is -0.387 e. The monoisotopic (exact) mass is 524 g/mol. The van der Waals surface area contributed by atoms with Gasteiger partial charge in [0, 0.05) is 48.8 Å². The molecule has 0 aliphatic rings.